The fourth-order valence-electron chi connectivity index (χ4n) is 1.80. The molecule has 0 saturated carbocycles. The van der Waals surface area contributed by atoms with Gasteiger partial charge in [-0.2, -0.15) is 0 Å². The Morgan fingerprint density at radius 3 is 2.35 bits per heavy atom. The quantitative estimate of drug-likeness (QED) is 0.482. The molecule has 2 heterocycles. The van der Waals surface area contributed by atoms with Crippen LogP contribution in [-0.4, -0.2) is 46.0 Å². The number of hydrogen-bond donors (Lipinski definition) is 0. The molecule has 0 spiro atoms. The molecule has 0 bridgehead atoms. The molecule has 0 radical (unpaired) electrons. The van der Waals surface area contributed by atoms with Crippen molar-refractivity contribution in [1.29, 1.82) is 0 Å². The van der Waals surface area contributed by atoms with Gasteiger partial charge in [0.25, 0.3) is 0 Å². The summed E-state index contributed by atoms with van der Waals surface area (Å²) in [5.74, 6) is -2.30. The van der Waals surface area contributed by atoms with Crippen molar-refractivity contribution in [3.8, 4) is 0 Å². The number of halogens is 1. The van der Waals surface area contributed by atoms with Crippen LogP contribution in [0.5, 0.6) is 0 Å². The van der Waals surface area contributed by atoms with Gasteiger partial charge in [0, 0.05) is 6.04 Å². The Hall–Kier alpha value is -1.73. The van der Waals surface area contributed by atoms with Crippen LogP contribution in [-0.2, 0) is 9.59 Å². The lowest BCUT2D eigenvalue weighted by atomic mass is 10.3. The molecule has 1 aliphatic rings. The first kappa shape index (κ1) is 14.7. The molecule has 4 amide bonds. The molecule has 1 aromatic rings. The largest absolute Gasteiger partial charge is 0.334 e. The first-order valence-corrected chi connectivity index (χ1v) is 7.00. The zero-order valence-corrected chi connectivity index (χ0v) is 12.3. The second-order valence-corrected chi connectivity index (χ2v) is 6.18. The first-order chi connectivity index (χ1) is 9.32. The van der Waals surface area contributed by atoms with Gasteiger partial charge >= 0.3 is 17.8 Å². The minimum absolute atomic E-state index is 0.339. The van der Waals surface area contributed by atoms with E-state index in [1.807, 2.05) is 0 Å². The Labute approximate surface area is 123 Å². The van der Waals surface area contributed by atoms with Crippen molar-refractivity contribution in [2.24, 2.45) is 0 Å². The van der Waals surface area contributed by atoms with Crippen LogP contribution in [0.4, 0.5) is 4.79 Å². The van der Waals surface area contributed by atoms with Crippen molar-refractivity contribution in [1.82, 2.24) is 9.80 Å². The Morgan fingerprint density at radius 1 is 1.25 bits per heavy atom. The van der Waals surface area contributed by atoms with Crippen LogP contribution in [0, 0.1) is 0 Å². The molecule has 1 saturated heterocycles. The topological polar surface area (TPSA) is 74.8 Å². The number of carbonyl (C=O) groups excluding carboxylic acids is 4. The predicted molar refractivity (Wildman–Crippen MR) is 72.8 cm³/mol. The Balaban J connectivity index is 2.18. The van der Waals surface area contributed by atoms with Gasteiger partial charge in [-0.05, 0) is 26.0 Å². The minimum Gasteiger partial charge on any atom is -0.291 e. The lowest BCUT2D eigenvalue weighted by molar-refractivity contribution is -0.143. The molecule has 106 valence electrons. The molecule has 8 heteroatoms. The highest BCUT2D eigenvalue weighted by Gasteiger charge is 2.46. The van der Waals surface area contributed by atoms with Crippen molar-refractivity contribution >= 4 is 46.6 Å². The number of ketones is 1. The van der Waals surface area contributed by atoms with E-state index in [1.54, 1.807) is 19.9 Å². The highest BCUT2D eigenvalue weighted by molar-refractivity contribution is 7.18. The van der Waals surface area contributed by atoms with Crippen LogP contribution in [0.15, 0.2) is 12.1 Å². The molecule has 2 rings (SSSR count). The zero-order valence-electron chi connectivity index (χ0n) is 10.8. The van der Waals surface area contributed by atoms with Crippen LogP contribution in [0.2, 0.25) is 4.34 Å². The summed E-state index contributed by atoms with van der Waals surface area (Å²) >= 11 is 6.78. The van der Waals surface area contributed by atoms with Crippen LogP contribution in [0.3, 0.4) is 0 Å². The molecular weight excluding hydrogens is 304 g/mol. The van der Waals surface area contributed by atoms with E-state index in [4.69, 9.17) is 11.6 Å². The zero-order chi connectivity index (χ0) is 15.0. The van der Waals surface area contributed by atoms with Gasteiger partial charge in [0.2, 0.25) is 0 Å². The number of hydrogen-bond acceptors (Lipinski definition) is 5. The minimum atomic E-state index is -0.972. The maximum atomic E-state index is 12.0. The van der Waals surface area contributed by atoms with Crippen LogP contribution >= 0.6 is 22.9 Å². The maximum absolute atomic E-state index is 12.0. The number of thiophene rings is 1. The Kier molecular flexibility index (Phi) is 3.92. The number of Topliss-reactive ketones (excluding diaryl/α,β-unsaturated/α-hetero) is 1. The molecule has 0 aliphatic carbocycles. The van der Waals surface area contributed by atoms with Crippen LogP contribution in [0.1, 0.15) is 23.5 Å². The van der Waals surface area contributed by atoms with Gasteiger partial charge in [-0.1, -0.05) is 11.6 Å². The van der Waals surface area contributed by atoms with E-state index >= 15 is 0 Å². The summed E-state index contributed by atoms with van der Waals surface area (Å²) in [7, 11) is 0. The van der Waals surface area contributed by atoms with E-state index in [0.29, 0.717) is 14.1 Å². The third kappa shape index (κ3) is 2.46. The molecule has 0 aromatic carbocycles. The fourth-order valence-corrected chi connectivity index (χ4v) is 2.78. The third-order valence-electron chi connectivity index (χ3n) is 2.75. The fraction of sp³-hybridized carbons (Fsp3) is 0.333. The normalized spacial score (nSPS) is 15.7. The van der Waals surface area contributed by atoms with Gasteiger partial charge in [0.15, 0.2) is 5.78 Å². The van der Waals surface area contributed by atoms with E-state index in [9.17, 15) is 19.2 Å². The van der Waals surface area contributed by atoms with E-state index in [0.717, 1.165) is 16.2 Å². The summed E-state index contributed by atoms with van der Waals surface area (Å²) < 4.78 is 0.437. The molecule has 0 atom stereocenters. The number of nitrogens with zero attached hydrogens (tertiary/aromatic N) is 2. The van der Waals surface area contributed by atoms with Crippen molar-refractivity contribution in [2.45, 2.75) is 19.9 Å². The molecule has 1 fully saturated rings. The summed E-state index contributed by atoms with van der Waals surface area (Å²) in [6.07, 6.45) is 0. The van der Waals surface area contributed by atoms with E-state index in [2.05, 4.69) is 0 Å². The van der Waals surface area contributed by atoms with Crippen LogP contribution < -0.4 is 0 Å². The highest BCUT2D eigenvalue weighted by atomic mass is 35.5. The summed E-state index contributed by atoms with van der Waals surface area (Å²) in [5, 5.41) is 0. The van der Waals surface area contributed by atoms with E-state index in [1.165, 1.54) is 6.07 Å². The van der Waals surface area contributed by atoms with Crippen molar-refractivity contribution in [3.05, 3.63) is 21.3 Å². The van der Waals surface area contributed by atoms with E-state index in [-0.39, 0.29) is 0 Å². The highest BCUT2D eigenvalue weighted by Crippen LogP contribution is 2.23. The maximum Gasteiger partial charge on any atom is 0.334 e. The summed E-state index contributed by atoms with van der Waals surface area (Å²) in [5.41, 5.74) is 0. The van der Waals surface area contributed by atoms with Crippen LogP contribution in [0.25, 0.3) is 0 Å². The van der Waals surface area contributed by atoms with Gasteiger partial charge in [-0.15, -0.1) is 11.3 Å². The van der Waals surface area contributed by atoms with Gasteiger partial charge < -0.3 is 0 Å². The van der Waals surface area contributed by atoms with Crippen molar-refractivity contribution in [3.63, 3.8) is 0 Å². The molecular formula is C12H11ClN2O4S. The Bertz CT molecular complexity index is 610. The molecule has 1 aliphatic heterocycles. The molecule has 0 N–H and O–H groups in total. The molecule has 0 unspecified atom stereocenters. The Morgan fingerprint density at radius 2 is 1.90 bits per heavy atom. The standard InChI is InChI=1S/C12H11ClN2O4S/c1-6(2)15-11(18)10(17)14(12(15)19)5-7(16)8-3-4-9(13)20-8/h3-4,6H,5H2,1-2H3. The lowest BCUT2D eigenvalue weighted by Crippen LogP contribution is -2.39. The number of urea groups is 1. The second-order valence-electron chi connectivity index (χ2n) is 4.47. The number of carbonyl (C=O) groups is 4. The van der Waals surface area contributed by atoms with Crippen molar-refractivity contribution < 1.29 is 19.2 Å². The van der Waals surface area contributed by atoms with Gasteiger partial charge in [0.05, 0.1) is 15.8 Å². The molecule has 6 nitrogen and oxygen atoms in total. The third-order valence-corrected chi connectivity index (χ3v) is 4.02. The van der Waals surface area contributed by atoms with Crippen molar-refractivity contribution in [2.75, 3.05) is 6.54 Å². The summed E-state index contributed by atoms with van der Waals surface area (Å²) in [6, 6.07) is 1.88. The second kappa shape index (κ2) is 5.34. The molecule has 1 aromatic heterocycles. The van der Waals surface area contributed by atoms with Gasteiger partial charge in [-0.25, -0.2) is 9.69 Å². The van der Waals surface area contributed by atoms with Gasteiger partial charge in [-0.3, -0.25) is 19.3 Å². The number of amides is 4. The average Bonchev–Trinajstić information content (AvgIpc) is 2.88. The summed E-state index contributed by atoms with van der Waals surface area (Å²) in [6.45, 7) is 2.78. The first-order valence-electron chi connectivity index (χ1n) is 5.80. The number of imide groups is 2. The lowest BCUT2D eigenvalue weighted by Gasteiger charge is -2.17. The smallest absolute Gasteiger partial charge is 0.291 e. The monoisotopic (exact) mass is 314 g/mol. The average molecular weight is 315 g/mol. The predicted octanol–water partition coefficient (Wildman–Crippen LogP) is 1.78. The number of rotatable bonds is 4. The summed E-state index contributed by atoms with van der Waals surface area (Å²) in [4.78, 5) is 49.2. The SMILES string of the molecule is CC(C)N1C(=O)C(=O)N(CC(=O)c2ccc(Cl)s2)C1=O. The molecule has 20 heavy (non-hydrogen) atoms. The van der Waals surface area contributed by atoms with Gasteiger partial charge in [0.1, 0.15) is 0 Å². The van der Waals surface area contributed by atoms with E-state index < -0.39 is 36.2 Å².